The molecule has 0 atom stereocenters. The molecule has 2 fully saturated rings. The minimum absolute atomic E-state index is 0.622. The van der Waals surface area contributed by atoms with Crippen molar-refractivity contribution in [2.24, 2.45) is 7.05 Å². The van der Waals surface area contributed by atoms with Gasteiger partial charge in [0.15, 0.2) is 11.0 Å². The predicted molar refractivity (Wildman–Crippen MR) is 136 cm³/mol. The fraction of sp³-hybridized carbons (Fsp3) is 0.400. The molecule has 166 valence electrons. The summed E-state index contributed by atoms with van der Waals surface area (Å²) in [6.07, 6.45) is 10.6. The summed E-state index contributed by atoms with van der Waals surface area (Å²) >= 11 is 0. The number of para-hydroxylation sites is 1. The molecule has 2 aliphatic carbocycles. The molecule has 0 amide bonds. The molecule has 0 aliphatic heterocycles. The Hall–Kier alpha value is -2.94. The third-order valence-corrected chi connectivity index (χ3v) is 8.59. The lowest BCUT2D eigenvalue weighted by atomic mass is 9.97. The van der Waals surface area contributed by atoms with Crippen molar-refractivity contribution in [3.8, 4) is 0 Å². The van der Waals surface area contributed by atoms with Crippen LogP contribution >= 0.6 is 0 Å². The van der Waals surface area contributed by atoms with Crippen LogP contribution in [0.2, 0.25) is 0 Å². The SMILES string of the molecule is Cc1cc(C2CCCC2)nc2c3ccccc3n3c4cc(C5CCCC5)ccc4[n+](C)c3c12. The van der Waals surface area contributed by atoms with E-state index >= 15 is 0 Å². The van der Waals surface area contributed by atoms with Crippen LogP contribution in [-0.4, -0.2) is 9.38 Å². The summed E-state index contributed by atoms with van der Waals surface area (Å²) in [6.45, 7) is 2.29. The fourth-order valence-corrected chi connectivity index (χ4v) is 6.89. The van der Waals surface area contributed by atoms with E-state index in [1.165, 1.54) is 107 Å². The third kappa shape index (κ3) is 2.81. The number of aromatic nitrogens is 3. The van der Waals surface area contributed by atoms with Gasteiger partial charge >= 0.3 is 0 Å². The van der Waals surface area contributed by atoms with Crippen LogP contribution in [0.4, 0.5) is 0 Å². The van der Waals surface area contributed by atoms with Crippen molar-refractivity contribution in [1.29, 1.82) is 0 Å². The lowest BCUT2D eigenvalue weighted by Gasteiger charge is -2.13. The van der Waals surface area contributed by atoms with Crippen molar-refractivity contribution >= 4 is 38.5 Å². The summed E-state index contributed by atoms with van der Waals surface area (Å²) in [4.78, 5) is 5.36. The van der Waals surface area contributed by atoms with Gasteiger partial charge in [0.25, 0.3) is 5.65 Å². The Balaban J connectivity index is 1.62. The van der Waals surface area contributed by atoms with Crippen LogP contribution in [0, 0.1) is 6.92 Å². The van der Waals surface area contributed by atoms with Crippen molar-refractivity contribution in [2.75, 3.05) is 0 Å². The standard InChI is InChI=1S/C30H32N3/c1-19-17-24(21-11-5-6-12-21)31-29-23-13-7-8-14-25(23)33-27-18-22(20-9-3-4-10-20)15-16-26(27)32(2)30(33)28(19)29/h7-8,13-18,20-21H,3-6,9-12H2,1-2H3/q+1. The Kier molecular flexibility index (Phi) is 4.31. The first-order chi connectivity index (χ1) is 16.2. The van der Waals surface area contributed by atoms with Gasteiger partial charge in [0.1, 0.15) is 5.52 Å². The number of nitrogens with zero attached hydrogens (tertiary/aromatic N) is 3. The van der Waals surface area contributed by atoms with E-state index < -0.39 is 0 Å². The van der Waals surface area contributed by atoms with Gasteiger partial charge in [-0.1, -0.05) is 43.9 Å². The molecule has 0 N–H and O–H groups in total. The zero-order chi connectivity index (χ0) is 22.1. The average molecular weight is 435 g/mol. The molecule has 0 unspecified atom stereocenters. The zero-order valence-electron chi connectivity index (χ0n) is 19.8. The average Bonchev–Trinajstić information content (AvgIpc) is 3.61. The van der Waals surface area contributed by atoms with Gasteiger partial charge in [-0.25, -0.2) is 4.57 Å². The van der Waals surface area contributed by atoms with Crippen LogP contribution in [0.5, 0.6) is 0 Å². The highest BCUT2D eigenvalue weighted by molar-refractivity contribution is 6.11. The van der Waals surface area contributed by atoms with Crippen LogP contribution in [0.25, 0.3) is 38.5 Å². The van der Waals surface area contributed by atoms with Crippen LogP contribution < -0.4 is 4.57 Å². The van der Waals surface area contributed by atoms with Crippen LogP contribution in [0.3, 0.4) is 0 Å². The normalized spacial score (nSPS) is 18.0. The first-order valence-corrected chi connectivity index (χ1v) is 12.9. The monoisotopic (exact) mass is 434 g/mol. The molecule has 0 bridgehead atoms. The number of imidazole rings is 1. The van der Waals surface area contributed by atoms with Crippen molar-refractivity contribution < 1.29 is 4.57 Å². The van der Waals surface area contributed by atoms with E-state index in [1.54, 1.807) is 0 Å². The van der Waals surface area contributed by atoms with Gasteiger partial charge < -0.3 is 0 Å². The highest BCUT2D eigenvalue weighted by atomic mass is 15.1. The second kappa shape index (κ2) is 7.28. The second-order valence-electron chi connectivity index (χ2n) is 10.5. The van der Waals surface area contributed by atoms with Crippen LogP contribution in [-0.2, 0) is 7.05 Å². The largest absolute Gasteiger partial charge is 0.297 e. The zero-order valence-corrected chi connectivity index (χ0v) is 19.8. The Labute approximate surface area is 195 Å². The van der Waals surface area contributed by atoms with Gasteiger partial charge in [0.05, 0.1) is 18.0 Å². The molecule has 3 heteroatoms. The summed E-state index contributed by atoms with van der Waals surface area (Å²) in [5, 5.41) is 2.57. The highest BCUT2D eigenvalue weighted by Crippen LogP contribution is 2.39. The lowest BCUT2D eigenvalue weighted by molar-refractivity contribution is -0.617. The molecule has 5 aromatic rings. The minimum atomic E-state index is 0.622. The second-order valence-corrected chi connectivity index (χ2v) is 10.5. The number of rotatable bonds is 2. The van der Waals surface area contributed by atoms with Gasteiger partial charge in [0.2, 0.25) is 0 Å². The van der Waals surface area contributed by atoms with Crippen LogP contribution in [0.15, 0.2) is 48.5 Å². The van der Waals surface area contributed by atoms with E-state index in [0.717, 1.165) is 0 Å². The Morgan fingerprint density at radius 1 is 0.848 bits per heavy atom. The number of hydrogen-bond donors (Lipinski definition) is 0. The first kappa shape index (κ1) is 19.5. The minimum Gasteiger partial charge on any atom is -0.251 e. The molecular weight excluding hydrogens is 402 g/mol. The van der Waals surface area contributed by atoms with Crippen molar-refractivity contribution in [1.82, 2.24) is 9.38 Å². The molecule has 0 radical (unpaired) electrons. The van der Waals surface area contributed by atoms with Gasteiger partial charge in [-0.2, -0.15) is 4.40 Å². The van der Waals surface area contributed by atoms with E-state index in [1.807, 2.05) is 0 Å². The maximum Gasteiger partial charge on any atom is 0.297 e. The molecule has 3 heterocycles. The summed E-state index contributed by atoms with van der Waals surface area (Å²) in [5.74, 6) is 1.34. The number of hydrogen-bond acceptors (Lipinski definition) is 1. The molecule has 2 saturated carbocycles. The predicted octanol–water partition coefficient (Wildman–Crippen LogP) is 7.24. The topological polar surface area (TPSA) is 21.2 Å². The molecule has 7 rings (SSSR count). The maximum atomic E-state index is 5.36. The van der Waals surface area contributed by atoms with E-state index in [0.29, 0.717) is 11.8 Å². The summed E-state index contributed by atoms with van der Waals surface area (Å²) in [6, 6.07) is 18.5. The third-order valence-electron chi connectivity index (χ3n) is 8.59. The molecule has 3 aromatic heterocycles. The highest BCUT2D eigenvalue weighted by Gasteiger charge is 2.28. The molecule has 0 saturated heterocycles. The summed E-state index contributed by atoms with van der Waals surface area (Å²) in [5.41, 5.74) is 10.5. The quantitative estimate of drug-likeness (QED) is 0.212. The number of aryl methyl sites for hydroxylation is 2. The number of benzene rings is 2. The molecule has 33 heavy (non-hydrogen) atoms. The fourth-order valence-electron chi connectivity index (χ4n) is 6.89. The number of fused-ring (bicyclic) bond motifs is 8. The lowest BCUT2D eigenvalue weighted by Crippen LogP contribution is -2.27. The van der Waals surface area contributed by atoms with Crippen molar-refractivity contribution in [3.63, 3.8) is 0 Å². The van der Waals surface area contributed by atoms with E-state index in [2.05, 4.69) is 71.5 Å². The summed E-state index contributed by atoms with van der Waals surface area (Å²) in [7, 11) is 2.23. The van der Waals surface area contributed by atoms with Crippen LogP contribution in [0.1, 0.15) is 80.0 Å². The van der Waals surface area contributed by atoms with E-state index in [9.17, 15) is 0 Å². The van der Waals surface area contributed by atoms with Gasteiger partial charge in [-0.05, 0) is 80.0 Å². The summed E-state index contributed by atoms with van der Waals surface area (Å²) < 4.78 is 4.90. The van der Waals surface area contributed by atoms with E-state index in [4.69, 9.17) is 4.98 Å². The van der Waals surface area contributed by atoms with E-state index in [-0.39, 0.29) is 0 Å². The molecule has 2 aliphatic rings. The van der Waals surface area contributed by atoms with Crippen molar-refractivity contribution in [2.45, 2.75) is 70.1 Å². The first-order valence-electron chi connectivity index (χ1n) is 12.9. The van der Waals surface area contributed by atoms with Crippen molar-refractivity contribution in [3.05, 3.63) is 65.4 Å². The molecular formula is C30H32N3+. The Morgan fingerprint density at radius 2 is 1.58 bits per heavy atom. The molecule has 2 aromatic carbocycles. The number of pyridine rings is 2. The molecule has 0 spiro atoms. The van der Waals surface area contributed by atoms with Gasteiger partial charge in [-0.3, -0.25) is 4.98 Å². The molecule has 3 nitrogen and oxygen atoms in total. The Bertz CT molecular complexity index is 1550. The Morgan fingerprint density at radius 3 is 2.36 bits per heavy atom. The van der Waals surface area contributed by atoms with Gasteiger partial charge in [0, 0.05) is 17.0 Å². The smallest absolute Gasteiger partial charge is 0.251 e. The van der Waals surface area contributed by atoms with Gasteiger partial charge in [-0.15, -0.1) is 0 Å². The maximum absolute atomic E-state index is 5.36.